The molecule has 1 atom stereocenters. The molecule has 4 nitrogen and oxygen atoms in total. The summed E-state index contributed by atoms with van der Waals surface area (Å²) in [7, 11) is 3.65. The van der Waals surface area contributed by atoms with E-state index in [0.717, 1.165) is 37.4 Å². The van der Waals surface area contributed by atoms with E-state index in [2.05, 4.69) is 37.2 Å². The van der Waals surface area contributed by atoms with E-state index in [0.29, 0.717) is 6.54 Å². The van der Waals surface area contributed by atoms with Crippen molar-refractivity contribution >= 4 is 43.5 Å². The minimum Gasteiger partial charge on any atom is -0.497 e. The van der Waals surface area contributed by atoms with Gasteiger partial charge in [0.05, 0.1) is 19.8 Å². The first-order valence-electron chi connectivity index (χ1n) is 7.58. The maximum Gasteiger partial charge on any atom is 0.279 e. The molecule has 128 valence electrons. The first-order valence-corrected chi connectivity index (χ1v) is 9.17. The molecule has 0 aliphatic heterocycles. The number of quaternary nitrogens is 1. The molecule has 0 bridgehead atoms. The highest BCUT2D eigenvalue weighted by molar-refractivity contribution is 9.11. The van der Waals surface area contributed by atoms with Gasteiger partial charge >= 0.3 is 0 Å². The summed E-state index contributed by atoms with van der Waals surface area (Å²) >= 11 is 6.99. The molecule has 0 spiro atoms. The molecule has 0 fully saturated rings. The van der Waals surface area contributed by atoms with Gasteiger partial charge in [0.2, 0.25) is 0 Å². The highest BCUT2D eigenvalue weighted by Crippen LogP contribution is 2.32. The second kappa shape index (κ2) is 8.65. The van der Waals surface area contributed by atoms with Crippen LogP contribution in [0.4, 0.5) is 5.69 Å². The molecule has 0 aliphatic carbocycles. The molecule has 0 saturated carbocycles. The lowest BCUT2D eigenvalue weighted by molar-refractivity contribution is -0.885. The van der Waals surface area contributed by atoms with Crippen molar-refractivity contribution in [1.82, 2.24) is 0 Å². The predicted octanol–water partition coefficient (Wildman–Crippen LogP) is 3.18. The molecule has 2 aromatic rings. The number of anilines is 1. The topological polar surface area (TPSA) is 42.8 Å². The van der Waals surface area contributed by atoms with Crippen molar-refractivity contribution in [3.05, 3.63) is 56.5 Å². The summed E-state index contributed by atoms with van der Waals surface area (Å²) in [5.41, 5.74) is 3.05. The first-order chi connectivity index (χ1) is 11.4. The van der Waals surface area contributed by atoms with E-state index in [1.165, 1.54) is 5.56 Å². The third kappa shape index (κ3) is 5.33. The number of hydrogen-bond donors (Lipinski definition) is 2. The Bertz CT molecular complexity index is 694. The number of hydrogen-bond acceptors (Lipinski definition) is 2. The number of amides is 1. The maximum atomic E-state index is 12.3. The minimum absolute atomic E-state index is 0.0220. The smallest absolute Gasteiger partial charge is 0.279 e. The van der Waals surface area contributed by atoms with Crippen LogP contribution in [0.25, 0.3) is 0 Å². The molecule has 1 amide bonds. The predicted molar refractivity (Wildman–Crippen MR) is 104 cm³/mol. The van der Waals surface area contributed by atoms with Gasteiger partial charge in [-0.2, -0.15) is 0 Å². The van der Waals surface area contributed by atoms with Gasteiger partial charge in [0.15, 0.2) is 6.54 Å². The van der Waals surface area contributed by atoms with Crippen molar-refractivity contribution in [2.24, 2.45) is 0 Å². The second-order valence-corrected chi connectivity index (χ2v) is 7.52. The number of nitrogens with one attached hydrogen (secondary N) is 2. The van der Waals surface area contributed by atoms with E-state index in [1.54, 1.807) is 7.11 Å². The van der Waals surface area contributed by atoms with E-state index >= 15 is 0 Å². The standard InChI is InChI=1S/C18H20Br2N2O2/c1-12-8-15(19)18(16(20)9-12)21-17(23)11-22(2)10-13-4-6-14(24-3)7-5-13/h4-9H,10-11H2,1-3H3,(H,21,23)/p+1. The molecule has 0 aliphatic rings. The van der Waals surface area contributed by atoms with Crippen molar-refractivity contribution in [3.8, 4) is 5.75 Å². The van der Waals surface area contributed by atoms with Gasteiger partial charge < -0.3 is 15.0 Å². The fourth-order valence-electron chi connectivity index (χ4n) is 2.43. The molecule has 1 unspecified atom stereocenters. The van der Waals surface area contributed by atoms with Crippen LogP contribution in [0.2, 0.25) is 0 Å². The summed E-state index contributed by atoms with van der Waals surface area (Å²) in [5.74, 6) is 0.814. The van der Waals surface area contributed by atoms with Gasteiger partial charge in [-0.15, -0.1) is 0 Å². The molecule has 24 heavy (non-hydrogen) atoms. The molecular formula is C18H21Br2N2O2+. The Labute approximate surface area is 159 Å². The van der Waals surface area contributed by atoms with E-state index in [4.69, 9.17) is 4.74 Å². The Kier molecular flexibility index (Phi) is 6.83. The van der Waals surface area contributed by atoms with Gasteiger partial charge in [-0.1, -0.05) is 0 Å². The van der Waals surface area contributed by atoms with Gasteiger partial charge in [0.25, 0.3) is 5.91 Å². The van der Waals surface area contributed by atoms with Gasteiger partial charge in [0.1, 0.15) is 12.3 Å². The molecular weight excluding hydrogens is 436 g/mol. The SMILES string of the molecule is COc1ccc(C[NH+](C)CC(=O)Nc2c(Br)cc(C)cc2Br)cc1. The second-order valence-electron chi connectivity index (χ2n) is 5.81. The van der Waals surface area contributed by atoms with Crippen LogP contribution >= 0.6 is 31.9 Å². The van der Waals surface area contributed by atoms with Crippen molar-refractivity contribution < 1.29 is 14.4 Å². The van der Waals surface area contributed by atoms with Crippen LogP contribution in [0, 0.1) is 6.92 Å². The van der Waals surface area contributed by atoms with Crippen molar-refractivity contribution in [1.29, 1.82) is 0 Å². The lowest BCUT2D eigenvalue weighted by atomic mass is 10.2. The Morgan fingerprint density at radius 1 is 1.17 bits per heavy atom. The largest absolute Gasteiger partial charge is 0.497 e. The fourth-order valence-corrected chi connectivity index (χ4v) is 4.04. The third-order valence-corrected chi connectivity index (χ3v) is 4.83. The number of methoxy groups -OCH3 is 1. The maximum absolute atomic E-state index is 12.3. The average molecular weight is 457 g/mol. The summed E-state index contributed by atoms with van der Waals surface area (Å²) in [6.07, 6.45) is 0. The lowest BCUT2D eigenvalue weighted by Gasteiger charge is -2.15. The van der Waals surface area contributed by atoms with E-state index in [9.17, 15) is 4.79 Å². The molecule has 0 aromatic heterocycles. The molecule has 0 radical (unpaired) electrons. The number of halogens is 2. The quantitative estimate of drug-likeness (QED) is 0.700. The molecule has 0 heterocycles. The Morgan fingerprint density at radius 3 is 2.29 bits per heavy atom. The summed E-state index contributed by atoms with van der Waals surface area (Å²) < 4.78 is 6.90. The summed E-state index contributed by atoms with van der Waals surface area (Å²) in [5, 5.41) is 2.97. The molecule has 2 N–H and O–H groups in total. The van der Waals surface area contributed by atoms with Crippen molar-refractivity contribution in [3.63, 3.8) is 0 Å². The summed E-state index contributed by atoms with van der Waals surface area (Å²) in [4.78, 5) is 13.4. The Hall–Kier alpha value is -1.37. The Balaban J connectivity index is 1.94. The van der Waals surface area contributed by atoms with Crippen LogP contribution in [-0.4, -0.2) is 26.6 Å². The molecule has 2 rings (SSSR count). The van der Waals surface area contributed by atoms with Gasteiger partial charge in [-0.3, -0.25) is 4.79 Å². The van der Waals surface area contributed by atoms with Crippen LogP contribution in [0.5, 0.6) is 5.75 Å². The highest BCUT2D eigenvalue weighted by atomic mass is 79.9. The molecule has 6 heteroatoms. The number of rotatable bonds is 6. The number of likely N-dealkylation sites (N-methyl/N-ethyl adjacent to an activating group) is 1. The fraction of sp³-hybridized carbons (Fsp3) is 0.278. The molecule has 2 aromatic carbocycles. The lowest BCUT2D eigenvalue weighted by Crippen LogP contribution is -3.08. The number of benzene rings is 2. The number of ether oxygens (including phenoxy) is 1. The van der Waals surface area contributed by atoms with Gasteiger partial charge in [-0.25, -0.2) is 0 Å². The van der Waals surface area contributed by atoms with E-state index in [-0.39, 0.29) is 5.91 Å². The van der Waals surface area contributed by atoms with E-state index < -0.39 is 0 Å². The monoisotopic (exact) mass is 455 g/mol. The Morgan fingerprint density at radius 2 is 1.75 bits per heavy atom. The zero-order valence-electron chi connectivity index (χ0n) is 14.0. The summed E-state index contributed by atoms with van der Waals surface area (Å²) in [6, 6.07) is 11.9. The number of carbonyl (C=O) groups is 1. The number of aryl methyl sites for hydroxylation is 1. The summed E-state index contributed by atoms with van der Waals surface area (Å²) in [6.45, 7) is 3.17. The minimum atomic E-state index is -0.0220. The van der Waals surface area contributed by atoms with Crippen LogP contribution in [0.3, 0.4) is 0 Å². The number of carbonyl (C=O) groups excluding carboxylic acids is 1. The third-order valence-electron chi connectivity index (χ3n) is 3.58. The van der Waals surface area contributed by atoms with Crippen LogP contribution in [0.15, 0.2) is 45.3 Å². The zero-order valence-corrected chi connectivity index (χ0v) is 17.1. The van der Waals surface area contributed by atoms with Gasteiger partial charge in [0, 0.05) is 14.5 Å². The normalized spacial score (nSPS) is 11.9. The average Bonchev–Trinajstić information content (AvgIpc) is 2.51. The van der Waals surface area contributed by atoms with Crippen molar-refractivity contribution in [2.45, 2.75) is 13.5 Å². The van der Waals surface area contributed by atoms with E-state index in [1.807, 2.05) is 50.4 Å². The first kappa shape index (κ1) is 19.0. The molecule has 0 saturated heterocycles. The highest BCUT2D eigenvalue weighted by Gasteiger charge is 2.14. The van der Waals surface area contributed by atoms with Crippen LogP contribution in [0.1, 0.15) is 11.1 Å². The van der Waals surface area contributed by atoms with Crippen LogP contribution < -0.4 is 15.0 Å². The zero-order chi connectivity index (χ0) is 17.7. The van der Waals surface area contributed by atoms with Crippen LogP contribution in [-0.2, 0) is 11.3 Å². The van der Waals surface area contributed by atoms with Gasteiger partial charge in [-0.05, 0) is 80.7 Å². The van der Waals surface area contributed by atoms with Crippen molar-refractivity contribution in [2.75, 3.05) is 26.0 Å².